The third kappa shape index (κ3) is 9.60. The van der Waals surface area contributed by atoms with Crippen molar-refractivity contribution < 1.29 is 13.9 Å². The molecule has 0 fully saturated rings. The second kappa shape index (κ2) is 10.4. The number of alkyl carbamates (subject to hydrolysis) is 1. The van der Waals surface area contributed by atoms with Crippen LogP contribution in [0.25, 0.3) is 0 Å². The predicted octanol–water partition coefficient (Wildman–Crippen LogP) is 2.90. The monoisotopic (exact) mass is 409 g/mol. The molecule has 0 aromatic heterocycles. The van der Waals surface area contributed by atoms with Gasteiger partial charge in [0.05, 0.1) is 11.6 Å². The van der Waals surface area contributed by atoms with Crippen LogP contribution in [0.4, 0.5) is 9.18 Å². The molecule has 1 atom stereocenters. The molecule has 0 saturated carbocycles. The average Bonchev–Trinajstić information content (AvgIpc) is 2.56. The molecule has 1 unspecified atom stereocenters. The Balaban J connectivity index is 2.62. The molecule has 164 valence electrons. The zero-order chi connectivity index (χ0) is 22.2. The van der Waals surface area contributed by atoms with E-state index < -0.39 is 17.2 Å². The maximum absolute atomic E-state index is 13.2. The third-order valence-corrected chi connectivity index (χ3v) is 4.10. The van der Waals surface area contributed by atoms with Gasteiger partial charge in [-0.15, -0.1) is 0 Å². The van der Waals surface area contributed by atoms with E-state index in [2.05, 4.69) is 25.8 Å². The van der Waals surface area contributed by atoms with E-state index >= 15 is 0 Å². The highest BCUT2D eigenvalue weighted by Crippen LogP contribution is 2.17. The smallest absolute Gasteiger partial charge is 0.408 e. The Hall–Kier alpha value is -2.35. The van der Waals surface area contributed by atoms with Crippen LogP contribution in [-0.4, -0.2) is 62.3 Å². The van der Waals surface area contributed by atoms with Gasteiger partial charge < -0.3 is 25.6 Å². The van der Waals surface area contributed by atoms with Crippen LogP contribution >= 0.6 is 0 Å². The Morgan fingerprint density at radius 3 is 2.21 bits per heavy atom. The lowest BCUT2D eigenvalue weighted by Gasteiger charge is -2.30. The Morgan fingerprint density at radius 1 is 1.14 bits per heavy atom. The predicted molar refractivity (Wildman–Crippen MR) is 116 cm³/mol. The Morgan fingerprint density at radius 2 is 1.72 bits per heavy atom. The minimum atomic E-state index is -0.549. The number of nitrogens with one attached hydrogen (secondary N) is 3. The maximum Gasteiger partial charge on any atom is 0.408 e. The lowest BCUT2D eigenvalue weighted by molar-refractivity contribution is 0.0474. The molecule has 8 heteroatoms. The number of carbonyl (C=O) groups excluding carboxylic acids is 1. The summed E-state index contributed by atoms with van der Waals surface area (Å²) >= 11 is 0. The Kier molecular flexibility index (Phi) is 8.88. The van der Waals surface area contributed by atoms with Crippen molar-refractivity contribution in [2.24, 2.45) is 4.99 Å². The number of benzene rings is 1. The van der Waals surface area contributed by atoms with Gasteiger partial charge in [-0.1, -0.05) is 12.1 Å². The molecular weight excluding hydrogens is 373 g/mol. The molecule has 0 aliphatic rings. The molecule has 1 aromatic rings. The summed E-state index contributed by atoms with van der Waals surface area (Å²) in [6.45, 7) is 10.3. The summed E-state index contributed by atoms with van der Waals surface area (Å²) in [6, 6.07) is 6.53. The van der Waals surface area contributed by atoms with Gasteiger partial charge >= 0.3 is 6.09 Å². The SMILES string of the molecule is CN=C(NCC(c1ccc(F)cc1)N(C)C)NCC(C)(C)NC(=O)OC(C)(C)C. The number of rotatable bonds is 7. The highest BCUT2D eigenvalue weighted by Gasteiger charge is 2.25. The molecule has 0 saturated heterocycles. The summed E-state index contributed by atoms with van der Waals surface area (Å²) in [5.74, 6) is 0.356. The van der Waals surface area contributed by atoms with Gasteiger partial charge in [0.25, 0.3) is 0 Å². The van der Waals surface area contributed by atoms with E-state index in [1.807, 2.05) is 48.7 Å². The van der Waals surface area contributed by atoms with Gasteiger partial charge in [-0.2, -0.15) is 0 Å². The van der Waals surface area contributed by atoms with Crippen molar-refractivity contribution in [1.29, 1.82) is 0 Å². The van der Waals surface area contributed by atoms with Gasteiger partial charge in [0, 0.05) is 20.1 Å². The number of ether oxygens (including phenoxy) is 1. The van der Waals surface area contributed by atoms with Crippen LogP contribution in [0.15, 0.2) is 29.3 Å². The third-order valence-electron chi connectivity index (χ3n) is 4.10. The van der Waals surface area contributed by atoms with E-state index in [1.165, 1.54) is 12.1 Å². The first-order chi connectivity index (χ1) is 13.3. The zero-order valence-electron chi connectivity index (χ0n) is 18.9. The van der Waals surface area contributed by atoms with Crippen LogP contribution in [-0.2, 0) is 4.74 Å². The average molecular weight is 410 g/mol. The molecular formula is C21H36FN5O2. The van der Waals surface area contributed by atoms with Crippen LogP contribution in [0.3, 0.4) is 0 Å². The Bertz CT molecular complexity index is 681. The second-order valence-electron chi connectivity index (χ2n) is 8.85. The van der Waals surface area contributed by atoms with Crippen molar-refractivity contribution in [3.63, 3.8) is 0 Å². The van der Waals surface area contributed by atoms with Crippen molar-refractivity contribution in [3.8, 4) is 0 Å². The number of hydrogen-bond donors (Lipinski definition) is 3. The number of aliphatic imine (C=N–C) groups is 1. The fraction of sp³-hybridized carbons (Fsp3) is 0.619. The van der Waals surface area contributed by atoms with Crippen LogP contribution in [0.2, 0.25) is 0 Å². The highest BCUT2D eigenvalue weighted by atomic mass is 19.1. The summed E-state index contributed by atoms with van der Waals surface area (Å²) in [5.41, 5.74) is -0.0869. The second-order valence-corrected chi connectivity index (χ2v) is 8.85. The van der Waals surface area contributed by atoms with Gasteiger partial charge in [-0.25, -0.2) is 9.18 Å². The number of amides is 1. The van der Waals surface area contributed by atoms with E-state index in [0.717, 1.165) is 5.56 Å². The fourth-order valence-electron chi connectivity index (χ4n) is 2.63. The van der Waals surface area contributed by atoms with Gasteiger partial charge in [-0.05, 0) is 66.4 Å². The molecule has 0 spiro atoms. The highest BCUT2D eigenvalue weighted by molar-refractivity contribution is 5.80. The summed E-state index contributed by atoms with van der Waals surface area (Å²) < 4.78 is 18.5. The van der Waals surface area contributed by atoms with Gasteiger partial charge in [0.15, 0.2) is 5.96 Å². The van der Waals surface area contributed by atoms with Crippen LogP contribution < -0.4 is 16.0 Å². The van der Waals surface area contributed by atoms with Gasteiger partial charge in [0.2, 0.25) is 0 Å². The first-order valence-corrected chi connectivity index (χ1v) is 9.70. The number of hydrogen-bond acceptors (Lipinski definition) is 4. The van der Waals surface area contributed by atoms with E-state index in [1.54, 1.807) is 19.2 Å². The molecule has 1 rings (SSSR count). The normalized spacial score (nSPS) is 13.8. The zero-order valence-corrected chi connectivity index (χ0v) is 18.9. The molecule has 0 heterocycles. The lowest BCUT2D eigenvalue weighted by atomic mass is 10.1. The number of likely N-dealkylation sites (N-methyl/N-ethyl adjacent to an activating group) is 1. The molecule has 1 aromatic carbocycles. The largest absolute Gasteiger partial charge is 0.444 e. The van der Waals surface area contributed by atoms with Crippen LogP contribution in [0.5, 0.6) is 0 Å². The number of halogens is 1. The number of carbonyl (C=O) groups is 1. The molecule has 0 aliphatic carbocycles. The summed E-state index contributed by atoms with van der Waals surface area (Å²) in [5, 5.41) is 9.37. The van der Waals surface area contributed by atoms with Crippen molar-refractivity contribution >= 4 is 12.1 Å². The van der Waals surface area contributed by atoms with Crippen LogP contribution in [0.1, 0.15) is 46.2 Å². The van der Waals surface area contributed by atoms with Crippen molar-refractivity contribution in [3.05, 3.63) is 35.6 Å². The minimum Gasteiger partial charge on any atom is -0.444 e. The standard InChI is InChI=1S/C21H36FN5O2/c1-20(2,3)29-19(28)26-21(4,5)14-25-18(23-6)24-13-17(27(7)8)15-9-11-16(22)12-10-15/h9-12,17H,13-14H2,1-8H3,(H,26,28)(H2,23,24,25). The van der Waals surface area contributed by atoms with E-state index in [9.17, 15) is 9.18 Å². The number of nitrogens with zero attached hydrogens (tertiary/aromatic N) is 2. The molecule has 0 radical (unpaired) electrons. The molecule has 7 nitrogen and oxygen atoms in total. The van der Waals surface area contributed by atoms with Crippen molar-refractivity contribution in [1.82, 2.24) is 20.9 Å². The summed E-state index contributed by atoms with van der Waals surface area (Å²) in [6.07, 6.45) is -0.462. The summed E-state index contributed by atoms with van der Waals surface area (Å²) in [4.78, 5) is 18.3. The maximum atomic E-state index is 13.2. The first kappa shape index (κ1) is 24.7. The van der Waals surface area contributed by atoms with Gasteiger partial charge in [0.1, 0.15) is 11.4 Å². The van der Waals surface area contributed by atoms with Gasteiger partial charge in [-0.3, -0.25) is 4.99 Å². The molecule has 29 heavy (non-hydrogen) atoms. The molecule has 0 aliphatic heterocycles. The Labute approximate surface area is 174 Å². The molecule has 0 bridgehead atoms. The van der Waals surface area contributed by atoms with E-state index in [4.69, 9.17) is 4.74 Å². The number of guanidine groups is 1. The van der Waals surface area contributed by atoms with E-state index in [0.29, 0.717) is 19.0 Å². The van der Waals surface area contributed by atoms with Crippen LogP contribution in [0, 0.1) is 5.82 Å². The fourth-order valence-corrected chi connectivity index (χ4v) is 2.63. The molecule has 3 N–H and O–H groups in total. The summed E-state index contributed by atoms with van der Waals surface area (Å²) in [7, 11) is 5.63. The molecule has 1 amide bonds. The lowest BCUT2D eigenvalue weighted by Crippen LogP contribution is -2.54. The van der Waals surface area contributed by atoms with E-state index in [-0.39, 0.29) is 11.9 Å². The van der Waals surface area contributed by atoms with Crippen molar-refractivity contribution in [2.45, 2.75) is 51.8 Å². The first-order valence-electron chi connectivity index (χ1n) is 9.70. The minimum absolute atomic E-state index is 0.0436. The topological polar surface area (TPSA) is 78.0 Å². The quantitative estimate of drug-likeness (QED) is 0.477. The van der Waals surface area contributed by atoms with Crippen molar-refractivity contribution in [2.75, 3.05) is 34.2 Å².